The summed E-state index contributed by atoms with van der Waals surface area (Å²) in [6, 6.07) is 5.26. The fourth-order valence-electron chi connectivity index (χ4n) is 3.81. The maximum absolute atomic E-state index is 13.0. The topological polar surface area (TPSA) is 146 Å². The lowest BCUT2D eigenvalue weighted by Gasteiger charge is -2.24. The van der Waals surface area contributed by atoms with Crippen LogP contribution in [0.2, 0.25) is 0 Å². The van der Waals surface area contributed by atoms with Crippen molar-refractivity contribution in [3.05, 3.63) is 61.2 Å². The molecule has 0 saturated heterocycles. The van der Waals surface area contributed by atoms with Crippen molar-refractivity contribution in [2.45, 2.75) is 6.54 Å². The van der Waals surface area contributed by atoms with E-state index < -0.39 is 10.2 Å². The van der Waals surface area contributed by atoms with Gasteiger partial charge in [-0.3, -0.25) is 4.68 Å². The summed E-state index contributed by atoms with van der Waals surface area (Å²) < 4.78 is 40.7. The van der Waals surface area contributed by atoms with Gasteiger partial charge in [-0.2, -0.15) is 22.8 Å². The Bertz CT molecular complexity index is 1730. The molecule has 202 valence electrons. The van der Waals surface area contributed by atoms with Crippen molar-refractivity contribution in [1.29, 1.82) is 0 Å². The molecule has 0 aliphatic heterocycles. The van der Waals surface area contributed by atoms with Crippen LogP contribution in [0.3, 0.4) is 0 Å². The van der Waals surface area contributed by atoms with E-state index in [1.807, 2.05) is 13.2 Å². The lowest BCUT2D eigenvalue weighted by atomic mass is 10.2. The van der Waals surface area contributed by atoms with Crippen LogP contribution in [0.15, 0.2) is 55.4 Å². The molecular weight excluding hydrogens is 524 g/mol. The molecule has 0 spiro atoms. The van der Waals surface area contributed by atoms with Crippen LogP contribution in [0.1, 0.15) is 5.82 Å². The van der Waals surface area contributed by atoms with Gasteiger partial charge in [0.25, 0.3) is 0 Å². The number of ether oxygens (including phenoxy) is 2. The third-order valence-electron chi connectivity index (χ3n) is 5.87. The Morgan fingerprint density at radius 3 is 2.33 bits per heavy atom. The third-order valence-corrected chi connectivity index (χ3v) is 7.62. The van der Waals surface area contributed by atoms with E-state index in [1.165, 1.54) is 26.5 Å². The fraction of sp³-hybridized carbons (Fsp3) is 0.250. The molecule has 4 aromatic heterocycles. The Morgan fingerprint density at radius 2 is 1.69 bits per heavy atom. The van der Waals surface area contributed by atoms with Crippen molar-refractivity contribution < 1.29 is 17.9 Å². The minimum Gasteiger partial charge on any atom is -0.497 e. The van der Waals surface area contributed by atoms with E-state index in [0.29, 0.717) is 34.0 Å². The number of benzene rings is 1. The number of anilines is 2. The zero-order valence-electron chi connectivity index (χ0n) is 21.9. The second-order valence-electron chi connectivity index (χ2n) is 8.62. The van der Waals surface area contributed by atoms with Gasteiger partial charge in [0.1, 0.15) is 22.8 Å². The van der Waals surface area contributed by atoms with Gasteiger partial charge in [-0.15, -0.1) is 0 Å². The molecule has 0 amide bonds. The maximum atomic E-state index is 13.0. The second kappa shape index (κ2) is 10.3. The molecule has 0 fully saturated rings. The Hall–Kier alpha value is -4.63. The van der Waals surface area contributed by atoms with E-state index in [9.17, 15) is 8.42 Å². The highest BCUT2D eigenvalue weighted by Gasteiger charge is 2.24. The van der Waals surface area contributed by atoms with Crippen molar-refractivity contribution in [3.63, 3.8) is 0 Å². The van der Waals surface area contributed by atoms with E-state index in [0.717, 1.165) is 13.8 Å². The molecule has 0 radical (unpaired) electrons. The quantitative estimate of drug-likeness (QED) is 0.266. The molecule has 5 aromatic rings. The minimum atomic E-state index is -3.83. The van der Waals surface area contributed by atoms with E-state index in [4.69, 9.17) is 14.5 Å². The van der Waals surface area contributed by atoms with Crippen molar-refractivity contribution in [3.8, 4) is 22.8 Å². The minimum absolute atomic E-state index is 0.00236. The van der Waals surface area contributed by atoms with Gasteiger partial charge in [-0.1, -0.05) is 0 Å². The van der Waals surface area contributed by atoms with Crippen LogP contribution in [0, 0.1) is 0 Å². The van der Waals surface area contributed by atoms with Gasteiger partial charge in [0.05, 0.1) is 50.7 Å². The molecule has 0 aliphatic carbocycles. The van der Waals surface area contributed by atoms with Gasteiger partial charge in [-0.25, -0.2) is 23.9 Å². The van der Waals surface area contributed by atoms with Crippen LogP contribution in [0.4, 0.5) is 11.6 Å². The highest BCUT2D eigenvalue weighted by Crippen LogP contribution is 2.33. The summed E-state index contributed by atoms with van der Waals surface area (Å²) in [4.78, 5) is 24.4. The SMILES string of the molecule is COc1cc(OC)cc(N(Cc2nccn2S(=O)(=O)N(C)C)c2ncc3ncc(-c4cnn(C)c4)nc3n2)c1. The van der Waals surface area contributed by atoms with Gasteiger partial charge >= 0.3 is 10.2 Å². The monoisotopic (exact) mass is 550 g/mol. The molecule has 14 nitrogen and oxygen atoms in total. The van der Waals surface area contributed by atoms with Gasteiger partial charge in [-0.05, 0) is 0 Å². The van der Waals surface area contributed by atoms with Crippen molar-refractivity contribution in [2.75, 3.05) is 33.2 Å². The van der Waals surface area contributed by atoms with E-state index in [1.54, 1.807) is 60.6 Å². The Morgan fingerprint density at radius 1 is 0.949 bits per heavy atom. The first-order chi connectivity index (χ1) is 18.7. The number of aromatic nitrogens is 8. The first-order valence-electron chi connectivity index (χ1n) is 11.6. The molecule has 1 aromatic carbocycles. The number of hydrogen-bond donors (Lipinski definition) is 0. The number of imidazole rings is 1. The first kappa shape index (κ1) is 26.0. The van der Waals surface area contributed by atoms with Crippen LogP contribution < -0.4 is 14.4 Å². The van der Waals surface area contributed by atoms with Crippen LogP contribution >= 0.6 is 0 Å². The molecule has 0 atom stereocenters. The molecule has 0 saturated carbocycles. The number of rotatable bonds is 9. The summed E-state index contributed by atoms with van der Waals surface area (Å²) in [6.45, 7) is -0.00236. The predicted octanol–water partition coefficient (Wildman–Crippen LogP) is 2.03. The van der Waals surface area contributed by atoms with Crippen molar-refractivity contribution in [1.82, 2.24) is 43.0 Å². The van der Waals surface area contributed by atoms with Crippen molar-refractivity contribution in [2.24, 2.45) is 7.05 Å². The first-order valence-corrected chi connectivity index (χ1v) is 13.0. The van der Waals surface area contributed by atoms with Crippen LogP contribution in [0.25, 0.3) is 22.4 Å². The summed E-state index contributed by atoms with van der Waals surface area (Å²) >= 11 is 0. The standard InChI is InChI=1S/C24H26N10O4S/c1-31(2)39(35,36)34-7-6-25-22(34)15-33(17-8-18(37-4)10-19(9-17)38-5)24-27-13-21-23(30-24)29-20(12-26-21)16-11-28-32(3)14-16/h6-14H,15H2,1-5H3. The zero-order valence-corrected chi connectivity index (χ0v) is 22.7. The van der Waals surface area contributed by atoms with E-state index in [-0.39, 0.29) is 18.3 Å². The molecule has 0 aliphatic rings. The largest absolute Gasteiger partial charge is 0.497 e. The summed E-state index contributed by atoms with van der Waals surface area (Å²) in [5, 5.41) is 4.20. The number of methoxy groups -OCH3 is 2. The maximum Gasteiger partial charge on any atom is 0.308 e. The summed E-state index contributed by atoms with van der Waals surface area (Å²) in [5.74, 6) is 1.53. The predicted molar refractivity (Wildman–Crippen MR) is 143 cm³/mol. The van der Waals surface area contributed by atoms with Crippen LogP contribution in [-0.4, -0.2) is 79.7 Å². The van der Waals surface area contributed by atoms with E-state index in [2.05, 4.69) is 25.0 Å². The van der Waals surface area contributed by atoms with E-state index >= 15 is 0 Å². The zero-order chi connectivity index (χ0) is 27.7. The smallest absolute Gasteiger partial charge is 0.308 e. The molecular formula is C24H26N10O4S. The number of fused-ring (bicyclic) bond motifs is 1. The Labute approximate surface area is 224 Å². The molecule has 39 heavy (non-hydrogen) atoms. The average molecular weight is 551 g/mol. The van der Waals surface area contributed by atoms with Crippen LogP contribution in [0.5, 0.6) is 11.5 Å². The summed E-state index contributed by atoms with van der Waals surface area (Å²) in [6.07, 6.45) is 9.53. The van der Waals surface area contributed by atoms with Gasteiger partial charge in [0, 0.05) is 63.5 Å². The lowest BCUT2D eigenvalue weighted by molar-refractivity contribution is 0.394. The number of aryl methyl sites for hydroxylation is 1. The van der Waals surface area contributed by atoms with Gasteiger partial charge < -0.3 is 14.4 Å². The number of nitrogens with zero attached hydrogens (tertiary/aromatic N) is 10. The third kappa shape index (κ3) is 5.08. The second-order valence-corrected chi connectivity index (χ2v) is 10.6. The Balaban J connectivity index is 1.65. The molecule has 4 heterocycles. The number of hydrogen-bond acceptors (Lipinski definition) is 11. The normalized spacial score (nSPS) is 11.7. The van der Waals surface area contributed by atoms with Crippen LogP contribution in [-0.2, 0) is 23.8 Å². The van der Waals surface area contributed by atoms with Crippen molar-refractivity contribution >= 4 is 33.0 Å². The summed E-state index contributed by atoms with van der Waals surface area (Å²) in [5.41, 5.74) is 2.82. The molecule has 5 rings (SSSR count). The van der Waals surface area contributed by atoms with Gasteiger partial charge in [0.15, 0.2) is 5.65 Å². The summed E-state index contributed by atoms with van der Waals surface area (Å²) in [7, 11) is 3.98. The molecule has 0 bridgehead atoms. The highest BCUT2D eigenvalue weighted by atomic mass is 32.2. The fourth-order valence-corrected chi connectivity index (χ4v) is 4.74. The van der Waals surface area contributed by atoms with Gasteiger partial charge in [0.2, 0.25) is 5.95 Å². The molecule has 15 heteroatoms. The Kier molecular flexibility index (Phi) is 6.84. The highest BCUT2D eigenvalue weighted by molar-refractivity contribution is 7.87. The lowest BCUT2D eigenvalue weighted by Crippen LogP contribution is -2.31. The molecule has 0 N–H and O–H groups in total. The average Bonchev–Trinajstić information content (AvgIpc) is 3.60. The molecule has 0 unspecified atom stereocenters.